The molecule has 1 rings (SSSR count). The molecule has 54 valence electrons. The minimum atomic E-state index is -0.0947. The van der Waals surface area contributed by atoms with Gasteiger partial charge in [-0.25, -0.2) is 0 Å². The number of alkyl halides is 1. The van der Waals surface area contributed by atoms with Gasteiger partial charge in [-0.2, -0.15) is 0 Å². The minimum absolute atomic E-state index is 0.0626. The van der Waals surface area contributed by atoms with Gasteiger partial charge in [-0.3, -0.25) is 0 Å². The van der Waals surface area contributed by atoms with E-state index in [1.807, 2.05) is 0 Å². The molecule has 1 aliphatic rings. The highest BCUT2D eigenvalue weighted by atomic mass is 127. The lowest BCUT2D eigenvalue weighted by atomic mass is 10.4. The minimum Gasteiger partial charge on any atom is -0.394 e. The molecular weight excluding hydrogens is 235 g/mol. The summed E-state index contributed by atoms with van der Waals surface area (Å²) in [6.07, 6.45) is -0.187. The Morgan fingerprint density at radius 2 is 2.44 bits per heavy atom. The standard InChI is InChI=1S/C5H9IO3/c6-1-5-8-3-4(2-7)9-5/h4-5,7H,1-3H2/t4-,5-/m1/s1. The third-order valence-electron chi connectivity index (χ3n) is 1.14. The van der Waals surface area contributed by atoms with Crippen molar-refractivity contribution in [3.8, 4) is 0 Å². The average molecular weight is 244 g/mol. The number of aliphatic hydroxyl groups is 1. The predicted molar refractivity (Wildman–Crippen MR) is 40.6 cm³/mol. The Morgan fingerprint density at radius 3 is 2.78 bits per heavy atom. The molecule has 4 heteroatoms. The van der Waals surface area contributed by atoms with Gasteiger partial charge in [-0.05, 0) is 0 Å². The van der Waals surface area contributed by atoms with Crippen molar-refractivity contribution in [1.82, 2.24) is 0 Å². The maximum atomic E-state index is 8.57. The summed E-state index contributed by atoms with van der Waals surface area (Å²) in [5, 5.41) is 8.57. The molecule has 0 bridgehead atoms. The Balaban J connectivity index is 2.20. The molecule has 0 spiro atoms. The topological polar surface area (TPSA) is 38.7 Å². The molecule has 0 unspecified atom stereocenters. The second kappa shape index (κ2) is 3.70. The molecule has 1 saturated heterocycles. The van der Waals surface area contributed by atoms with Gasteiger partial charge in [0.15, 0.2) is 6.29 Å². The maximum absolute atomic E-state index is 8.57. The Hall–Kier alpha value is 0.610. The molecule has 0 saturated carbocycles. The van der Waals surface area contributed by atoms with Crippen LogP contribution in [0.4, 0.5) is 0 Å². The van der Waals surface area contributed by atoms with Gasteiger partial charge in [0.25, 0.3) is 0 Å². The van der Waals surface area contributed by atoms with E-state index >= 15 is 0 Å². The van der Waals surface area contributed by atoms with Crippen LogP contribution in [0, 0.1) is 0 Å². The number of aliphatic hydroxyl groups excluding tert-OH is 1. The zero-order chi connectivity index (χ0) is 6.69. The van der Waals surface area contributed by atoms with E-state index in [1.54, 1.807) is 0 Å². The molecule has 0 aliphatic carbocycles. The number of rotatable bonds is 2. The summed E-state index contributed by atoms with van der Waals surface area (Å²) in [4.78, 5) is 0. The SMILES string of the molecule is OC[C@@H]1CO[C@@H](CI)O1. The maximum Gasteiger partial charge on any atom is 0.167 e. The van der Waals surface area contributed by atoms with Crippen molar-refractivity contribution < 1.29 is 14.6 Å². The summed E-state index contributed by atoms with van der Waals surface area (Å²) in [7, 11) is 0. The Labute approximate surface area is 67.5 Å². The smallest absolute Gasteiger partial charge is 0.167 e. The molecule has 0 radical (unpaired) electrons. The number of hydrogen-bond acceptors (Lipinski definition) is 3. The average Bonchev–Trinajstić information content (AvgIpc) is 2.34. The Bertz CT molecular complexity index is 78.3. The van der Waals surface area contributed by atoms with Crippen LogP contribution in [0.5, 0.6) is 0 Å². The van der Waals surface area contributed by atoms with Gasteiger partial charge in [-0.1, -0.05) is 22.6 Å². The van der Waals surface area contributed by atoms with Crippen LogP contribution in [0.1, 0.15) is 0 Å². The Kier molecular flexibility index (Phi) is 3.17. The largest absolute Gasteiger partial charge is 0.394 e. The highest BCUT2D eigenvalue weighted by Crippen LogP contribution is 2.12. The van der Waals surface area contributed by atoms with Gasteiger partial charge in [0.05, 0.1) is 17.6 Å². The highest BCUT2D eigenvalue weighted by Gasteiger charge is 2.23. The van der Waals surface area contributed by atoms with Crippen molar-refractivity contribution in [3.63, 3.8) is 0 Å². The van der Waals surface area contributed by atoms with Crippen molar-refractivity contribution in [3.05, 3.63) is 0 Å². The normalized spacial score (nSPS) is 35.3. The second-order valence-corrected chi connectivity index (χ2v) is 2.74. The molecule has 0 aromatic rings. The fourth-order valence-electron chi connectivity index (χ4n) is 0.685. The first-order valence-electron chi connectivity index (χ1n) is 2.80. The lowest BCUT2D eigenvalue weighted by Gasteiger charge is -2.04. The van der Waals surface area contributed by atoms with Crippen molar-refractivity contribution >= 4 is 22.6 Å². The molecule has 1 fully saturated rings. The first kappa shape index (κ1) is 7.71. The molecule has 0 aromatic heterocycles. The van der Waals surface area contributed by atoms with Crippen molar-refractivity contribution in [2.24, 2.45) is 0 Å². The summed E-state index contributed by atoms with van der Waals surface area (Å²) in [6, 6.07) is 0. The molecule has 1 heterocycles. The zero-order valence-corrected chi connectivity index (χ0v) is 7.08. The summed E-state index contributed by atoms with van der Waals surface area (Å²) >= 11 is 2.18. The third-order valence-corrected chi connectivity index (χ3v) is 1.86. The summed E-state index contributed by atoms with van der Waals surface area (Å²) in [5.74, 6) is 0. The monoisotopic (exact) mass is 244 g/mol. The zero-order valence-electron chi connectivity index (χ0n) is 4.92. The fourth-order valence-corrected chi connectivity index (χ4v) is 1.15. The molecule has 0 amide bonds. The molecule has 0 aromatic carbocycles. The van der Waals surface area contributed by atoms with Crippen LogP contribution < -0.4 is 0 Å². The Morgan fingerprint density at radius 1 is 1.67 bits per heavy atom. The lowest BCUT2D eigenvalue weighted by Crippen LogP contribution is -2.16. The molecule has 1 aliphatic heterocycles. The highest BCUT2D eigenvalue weighted by molar-refractivity contribution is 14.1. The van der Waals surface area contributed by atoms with Crippen LogP contribution in [0.25, 0.3) is 0 Å². The van der Waals surface area contributed by atoms with E-state index < -0.39 is 0 Å². The van der Waals surface area contributed by atoms with E-state index in [-0.39, 0.29) is 19.0 Å². The van der Waals surface area contributed by atoms with Gasteiger partial charge in [-0.15, -0.1) is 0 Å². The third kappa shape index (κ3) is 2.03. The summed E-state index contributed by atoms with van der Waals surface area (Å²) in [5.41, 5.74) is 0. The van der Waals surface area contributed by atoms with E-state index in [4.69, 9.17) is 14.6 Å². The first-order valence-corrected chi connectivity index (χ1v) is 4.33. The van der Waals surface area contributed by atoms with E-state index in [1.165, 1.54) is 0 Å². The summed E-state index contributed by atoms with van der Waals surface area (Å²) < 4.78 is 11.1. The summed E-state index contributed by atoms with van der Waals surface area (Å²) in [6.45, 7) is 0.595. The van der Waals surface area contributed by atoms with Crippen molar-refractivity contribution in [1.29, 1.82) is 0 Å². The van der Waals surface area contributed by atoms with Gasteiger partial charge >= 0.3 is 0 Å². The van der Waals surface area contributed by atoms with Crippen LogP contribution >= 0.6 is 22.6 Å². The van der Waals surface area contributed by atoms with Crippen LogP contribution in [0.2, 0.25) is 0 Å². The quantitative estimate of drug-likeness (QED) is 0.555. The second-order valence-electron chi connectivity index (χ2n) is 1.86. The van der Waals surface area contributed by atoms with E-state index in [0.29, 0.717) is 6.61 Å². The van der Waals surface area contributed by atoms with Crippen molar-refractivity contribution in [2.75, 3.05) is 17.6 Å². The first-order chi connectivity index (χ1) is 4.36. The lowest BCUT2D eigenvalue weighted by molar-refractivity contribution is -0.0450. The van der Waals surface area contributed by atoms with Gasteiger partial charge in [0, 0.05) is 0 Å². The number of halogens is 1. The molecule has 1 N–H and O–H groups in total. The van der Waals surface area contributed by atoms with Crippen LogP contribution in [0.3, 0.4) is 0 Å². The van der Waals surface area contributed by atoms with Crippen LogP contribution in [-0.2, 0) is 9.47 Å². The fraction of sp³-hybridized carbons (Fsp3) is 1.00. The molecule has 2 atom stereocenters. The van der Waals surface area contributed by atoms with Crippen LogP contribution in [-0.4, -0.2) is 35.1 Å². The van der Waals surface area contributed by atoms with Gasteiger partial charge in [0.1, 0.15) is 6.10 Å². The molecule has 3 nitrogen and oxygen atoms in total. The molecule has 9 heavy (non-hydrogen) atoms. The van der Waals surface area contributed by atoms with E-state index in [0.717, 1.165) is 4.43 Å². The molecular formula is C5H9IO3. The van der Waals surface area contributed by atoms with E-state index in [2.05, 4.69) is 22.6 Å². The number of ether oxygens (including phenoxy) is 2. The van der Waals surface area contributed by atoms with E-state index in [9.17, 15) is 0 Å². The number of hydrogen-bond donors (Lipinski definition) is 1. The van der Waals surface area contributed by atoms with Crippen LogP contribution in [0.15, 0.2) is 0 Å². The van der Waals surface area contributed by atoms with Crippen molar-refractivity contribution in [2.45, 2.75) is 12.4 Å². The van der Waals surface area contributed by atoms with Gasteiger partial charge in [0.2, 0.25) is 0 Å². The predicted octanol–water partition coefficient (Wildman–Crippen LogP) is 0.155. The van der Waals surface area contributed by atoms with Gasteiger partial charge < -0.3 is 14.6 Å².